The first kappa shape index (κ1) is 25.1. The Morgan fingerprint density at radius 1 is 1.12 bits per heavy atom. The molecule has 7 heteroatoms. The van der Waals surface area contributed by atoms with Crippen molar-refractivity contribution in [3.05, 3.63) is 48.0 Å². The van der Waals surface area contributed by atoms with Crippen LogP contribution in [0.4, 0.5) is 0 Å². The molecule has 0 N–H and O–H groups in total. The van der Waals surface area contributed by atoms with Crippen LogP contribution in [0.5, 0.6) is 0 Å². The number of carbonyl (C=O) groups is 3. The van der Waals surface area contributed by atoms with E-state index < -0.39 is 12.1 Å². The highest BCUT2D eigenvalue weighted by molar-refractivity contribution is 5.89. The number of esters is 2. The van der Waals surface area contributed by atoms with E-state index in [4.69, 9.17) is 14.2 Å². The second kappa shape index (κ2) is 13.3. The summed E-state index contributed by atoms with van der Waals surface area (Å²) in [4.78, 5) is 36.0. The van der Waals surface area contributed by atoms with Gasteiger partial charge in [0.25, 0.3) is 0 Å². The van der Waals surface area contributed by atoms with Gasteiger partial charge in [0, 0.05) is 31.3 Å². The summed E-state index contributed by atoms with van der Waals surface area (Å²) < 4.78 is 22.4. The number of hydrogen-bond acceptors (Lipinski definition) is 7. The van der Waals surface area contributed by atoms with Gasteiger partial charge < -0.3 is 23.7 Å². The standard InChI is InChI=1S/C26H34O7/c1-30-24(28)14-8-3-2-7-13-20-21(18-27)23(32-25-15-9-10-16-31-25)17-22(20)33-26(29)19-11-5-4-6-12-19/h2,4-7,11-12,18,20-23,25H,3,8-10,13-17H2,1H3/t20-,21-,22+,23-,25?/m1/s1. The molecule has 1 aliphatic heterocycles. The minimum absolute atomic E-state index is 0.180. The second-order valence-corrected chi connectivity index (χ2v) is 8.57. The van der Waals surface area contributed by atoms with Crippen molar-refractivity contribution in [1.29, 1.82) is 0 Å². The molecular weight excluding hydrogens is 424 g/mol. The van der Waals surface area contributed by atoms with Gasteiger partial charge in [-0.3, -0.25) is 4.79 Å². The number of aldehydes is 1. The summed E-state index contributed by atoms with van der Waals surface area (Å²) in [6.07, 6.45) is 9.54. The van der Waals surface area contributed by atoms with E-state index in [0.717, 1.165) is 32.0 Å². The van der Waals surface area contributed by atoms with Crippen LogP contribution in [0.2, 0.25) is 0 Å². The van der Waals surface area contributed by atoms with E-state index in [1.165, 1.54) is 7.11 Å². The molecule has 1 saturated carbocycles. The first-order valence-electron chi connectivity index (χ1n) is 11.8. The maximum absolute atomic E-state index is 12.7. The van der Waals surface area contributed by atoms with Crippen LogP contribution in [-0.4, -0.2) is 50.4 Å². The molecule has 2 aliphatic rings. The predicted octanol–water partition coefficient (Wildman–Crippen LogP) is 4.25. The zero-order valence-electron chi connectivity index (χ0n) is 19.2. The van der Waals surface area contributed by atoms with Gasteiger partial charge in [-0.15, -0.1) is 0 Å². The number of unbranched alkanes of at least 4 members (excludes halogenated alkanes) is 1. The molecule has 7 nitrogen and oxygen atoms in total. The van der Waals surface area contributed by atoms with Crippen LogP contribution in [0, 0.1) is 11.8 Å². The minimum atomic E-state index is -0.429. The smallest absolute Gasteiger partial charge is 0.338 e. The summed E-state index contributed by atoms with van der Waals surface area (Å²) in [5, 5.41) is 0. The van der Waals surface area contributed by atoms with Crippen molar-refractivity contribution < 1.29 is 33.3 Å². The molecule has 1 heterocycles. The molecule has 1 saturated heterocycles. The second-order valence-electron chi connectivity index (χ2n) is 8.57. The van der Waals surface area contributed by atoms with Crippen LogP contribution < -0.4 is 0 Å². The van der Waals surface area contributed by atoms with E-state index in [2.05, 4.69) is 4.74 Å². The highest BCUT2D eigenvalue weighted by Crippen LogP contribution is 2.39. The van der Waals surface area contributed by atoms with Crippen molar-refractivity contribution >= 4 is 18.2 Å². The molecular formula is C26H34O7. The average molecular weight is 459 g/mol. The van der Waals surface area contributed by atoms with Crippen molar-refractivity contribution in [1.82, 2.24) is 0 Å². The van der Waals surface area contributed by atoms with Crippen molar-refractivity contribution in [2.45, 2.75) is 69.9 Å². The van der Waals surface area contributed by atoms with Gasteiger partial charge in [-0.05, 0) is 50.7 Å². The maximum Gasteiger partial charge on any atom is 0.338 e. The van der Waals surface area contributed by atoms with Crippen LogP contribution in [0.3, 0.4) is 0 Å². The van der Waals surface area contributed by atoms with Gasteiger partial charge in [0.1, 0.15) is 12.4 Å². The topological polar surface area (TPSA) is 88.1 Å². The van der Waals surface area contributed by atoms with Gasteiger partial charge in [-0.1, -0.05) is 30.4 Å². The maximum atomic E-state index is 12.7. The molecule has 0 amide bonds. The van der Waals surface area contributed by atoms with Gasteiger partial charge in [0.2, 0.25) is 0 Å². The van der Waals surface area contributed by atoms with Gasteiger partial charge in [0.05, 0.1) is 18.8 Å². The Hall–Kier alpha value is -2.51. The van der Waals surface area contributed by atoms with Crippen LogP contribution >= 0.6 is 0 Å². The van der Waals surface area contributed by atoms with E-state index >= 15 is 0 Å². The molecule has 0 aromatic heterocycles. The predicted molar refractivity (Wildman–Crippen MR) is 121 cm³/mol. The lowest BCUT2D eigenvalue weighted by molar-refractivity contribution is -0.194. The third-order valence-electron chi connectivity index (χ3n) is 6.31. The number of allylic oxidation sites excluding steroid dienone is 2. The Bertz CT molecular complexity index is 785. The molecule has 0 radical (unpaired) electrons. The van der Waals surface area contributed by atoms with Crippen molar-refractivity contribution in [3.8, 4) is 0 Å². The lowest BCUT2D eigenvalue weighted by Crippen LogP contribution is -2.32. The van der Waals surface area contributed by atoms with Gasteiger partial charge >= 0.3 is 11.9 Å². The number of ether oxygens (including phenoxy) is 4. The molecule has 180 valence electrons. The summed E-state index contributed by atoms with van der Waals surface area (Å²) in [7, 11) is 1.38. The Balaban J connectivity index is 1.64. The van der Waals surface area contributed by atoms with Crippen molar-refractivity contribution in [2.24, 2.45) is 11.8 Å². The van der Waals surface area contributed by atoms with E-state index in [-0.39, 0.29) is 30.2 Å². The van der Waals surface area contributed by atoms with Crippen LogP contribution in [-0.2, 0) is 28.5 Å². The van der Waals surface area contributed by atoms with Crippen LogP contribution in [0.15, 0.2) is 42.5 Å². The SMILES string of the molecule is COC(=O)CCCC=CC[C@@H]1[C@@H](C=O)[C@H](OC2CCCCO2)C[C@@H]1OC(=O)c1ccccc1. The third-order valence-corrected chi connectivity index (χ3v) is 6.31. The normalized spacial score (nSPS) is 27.4. The first-order valence-corrected chi connectivity index (χ1v) is 11.8. The fraction of sp³-hybridized carbons (Fsp3) is 0.577. The molecule has 1 unspecified atom stereocenters. The van der Waals surface area contributed by atoms with Crippen LogP contribution in [0.1, 0.15) is 61.7 Å². The highest BCUT2D eigenvalue weighted by Gasteiger charge is 2.46. The molecule has 0 spiro atoms. The Kier molecular flexibility index (Phi) is 10.1. The summed E-state index contributed by atoms with van der Waals surface area (Å²) in [5.41, 5.74) is 0.484. The van der Waals surface area contributed by atoms with Gasteiger partial charge in [-0.25, -0.2) is 4.79 Å². The summed E-state index contributed by atoms with van der Waals surface area (Å²) in [6, 6.07) is 8.86. The van der Waals surface area contributed by atoms with Crippen LogP contribution in [0.25, 0.3) is 0 Å². The van der Waals surface area contributed by atoms with E-state index in [0.29, 0.717) is 37.9 Å². The first-order chi connectivity index (χ1) is 16.1. The lowest BCUT2D eigenvalue weighted by Gasteiger charge is -2.27. The Morgan fingerprint density at radius 2 is 1.94 bits per heavy atom. The molecule has 0 bridgehead atoms. The summed E-state index contributed by atoms with van der Waals surface area (Å²) >= 11 is 0. The number of rotatable bonds is 11. The fourth-order valence-electron chi connectivity index (χ4n) is 4.49. The summed E-state index contributed by atoms with van der Waals surface area (Å²) in [6.45, 7) is 0.660. The lowest BCUT2D eigenvalue weighted by atomic mass is 9.91. The average Bonchev–Trinajstić information content (AvgIpc) is 3.17. The monoisotopic (exact) mass is 458 g/mol. The van der Waals surface area contributed by atoms with E-state index in [1.54, 1.807) is 24.3 Å². The zero-order valence-corrected chi connectivity index (χ0v) is 19.2. The number of benzene rings is 1. The van der Waals surface area contributed by atoms with Crippen molar-refractivity contribution in [3.63, 3.8) is 0 Å². The number of hydrogen-bond donors (Lipinski definition) is 0. The van der Waals surface area contributed by atoms with Gasteiger partial charge in [0.15, 0.2) is 6.29 Å². The zero-order chi connectivity index (χ0) is 23.5. The highest BCUT2D eigenvalue weighted by atomic mass is 16.7. The molecule has 5 atom stereocenters. The summed E-state index contributed by atoms with van der Waals surface area (Å²) in [5.74, 6) is -1.19. The number of carbonyl (C=O) groups excluding carboxylic acids is 3. The molecule has 1 aliphatic carbocycles. The quantitative estimate of drug-likeness (QED) is 0.212. The third kappa shape index (κ3) is 7.51. The van der Waals surface area contributed by atoms with E-state index in [9.17, 15) is 14.4 Å². The molecule has 3 rings (SSSR count). The molecule has 1 aromatic rings. The minimum Gasteiger partial charge on any atom is -0.469 e. The Morgan fingerprint density at radius 3 is 2.64 bits per heavy atom. The van der Waals surface area contributed by atoms with E-state index in [1.807, 2.05) is 18.2 Å². The largest absolute Gasteiger partial charge is 0.469 e. The van der Waals surface area contributed by atoms with Crippen molar-refractivity contribution in [2.75, 3.05) is 13.7 Å². The Labute approximate surface area is 195 Å². The molecule has 33 heavy (non-hydrogen) atoms. The molecule has 1 aromatic carbocycles. The van der Waals surface area contributed by atoms with Gasteiger partial charge in [-0.2, -0.15) is 0 Å². The number of methoxy groups -OCH3 is 1. The molecule has 2 fully saturated rings. The fourth-order valence-corrected chi connectivity index (χ4v) is 4.49.